The lowest BCUT2D eigenvalue weighted by atomic mass is 10.2. The van der Waals surface area contributed by atoms with Crippen molar-refractivity contribution < 1.29 is 4.79 Å². The average molecular weight is 277 g/mol. The van der Waals surface area contributed by atoms with Crippen molar-refractivity contribution >= 4 is 11.9 Å². The fraction of sp³-hybridized carbons (Fsp3) is 0.643. The van der Waals surface area contributed by atoms with Crippen LogP contribution in [0.1, 0.15) is 30.6 Å². The van der Waals surface area contributed by atoms with Gasteiger partial charge in [0.05, 0.1) is 5.56 Å². The van der Waals surface area contributed by atoms with Crippen LogP contribution < -0.4 is 5.32 Å². The molecule has 6 heteroatoms. The van der Waals surface area contributed by atoms with Crippen LogP contribution >= 0.6 is 0 Å². The third-order valence-electron chi connectivity index (χ3n) is 3.68. The maximum Gasteiger partial charge on any atom is 0.257 e. The zero-order valence-electron chi connectivity index (χ0n) is 12.5. The molecule has 1 aromatic rings. The molecule has 2 heterocycles. The number of hydrogen-bond acceptors (Lipinski definition) is 5. The van der Waals surface area contributed by atoms with Gasteiger partial charge in [0.25, 0.3) is 5.91 Å². The van der Waals surface area contributed by atoms with Gasteiger partial charge >= 0.3 is 0 Å². The van der Waals surface area contributed by atoms with E-state index in [4.69, 9.17) is 0 Å². The highest BCUT2D eigenvalue weighted by Gasteiger charge is 2.20. The fourth-order valence-corrected chi connectivity index (χ4v) is 2.03. The van der Waals surface area contributed by atoms with E-state index in [-0.39, 0.29) is 5.91 Å². The highest BCUT2D eigenvalue weighted by molar-refractivity contribution is 5.93. The Balaban J connectivity index is 1.97. The van der Waals surface area contributed by atoms with E-state index >= 15 is 0 Å². The van der Waals surface area contributed by atoms with Crippen molar-refractivity contribution in [3.8, 4) is 0 Å². The van der Waals surface area contributed by atoms with Crippen LogP contribution in [0.2, 0.25) is 0 Å². The number of nitrogens with one attached hydrogen (secondary N) is 1. The second-order valence-electron chi connectivity index (χ2n) is 5.34. The van der Waals surface area contributed by atoms with Gasteiger partial charge in [-0.15, -0.1) is 0 Å². The second-order valence-corrected chi connectivity index (χ2v) is 5.34. The lowest BCUT2D eigenvalue weighted by molar-refractivity contribution is 0.0663. The normalized spacial score (nSPS) is 17.9. The quantitative estimate of drug-likeness (QED) is 0.892. The van der Waals surface area contributed by atoms with E-state index in [1.165, 1.54) is 0 Å². The molecule has 0 aliphatic carbocycles. The Kier molecular flexibility index (Phi) is 4.89. The molecule has 1 fully saturated rings. The van der Waals surface area contributed by atoms with Gasteiger partial charge in [0, 0.05) is 44.6 Å². The Hall–Kier alpha value is -1.69. The lowest BCUT2D eigenvalue weighted by Gasteiger charge is -2.32. The Labute approximate surface area is 120 Å². The summed E-state index contributed by atoms with van der Waals surface area (Å²) < 4.78 is 0. The molecule has 1 saturated heterocycles. The molecule has 1 atom stereocenters. The summed E-state index contributed by atoms with van der Waals surface area (Å²) >= 11 is 0. The molecular weight excluding hydrogens is 254 g/mol. The van der Waals surface area contributed by atoms with Gasteiger partial charge in [0.1, 0.15) is 0 Å². The van der Waals surface area contributed by atoms with Crippen LogP contribution in [0.5, 0.6) is 0 Å². The molecule has 1 aliphatic heterocycles. The smallest absolute Gasteiger partial charge is 0.257 e. The number of amides is 1. The highest BCUT2D eigenvalue weighted by Crippen LogP contribution is 2.08. The third kappa shape index (κ3) is 3.66. The van der Waals surface area contributed by atoms with Crippen molar-refractivity contribution in [3.63, 3.8) is 0 Å². The summed E-state index contributed by atoms with van der Waals surface area (Å²) in [6.45, 7) is 7.54. The first-order valence-electron chi connectivity index (χ1n) is 7.16. The van der Waals surface area contributed by atoms with Crippen molar-refractivity contribution in [2.24, 2.45) is 0 Å². The van der Waals surface area contributed by atoms with E-state index in [0.717, 1.165) is 32.6 Å². The summed E-state index contributed by atoms with van der Waals surface area (Å²) in [6, 6.07) is 0.328. The molecule has 0 spiro atoms. The van der Waals surface area contributed by atoms with Crippen molar-refractivity contribution in [2.45, 2.75) is 26.3 Å². The predicted molar refractivity (Wildman–Crippen MR) is 78.8 cm³/mol. The number of likely N-dealkylation sites (N-methyl/N-ethyl adjacent to an activating group) is 1. The molecule has 0 saturated carbocycles. The topological polar surface area (TPSA) is 61.4 Å². The van der Waals surface area contributed by atoms with E-state index in [1.807, 2.05) is 4.90 Å². The number of carbonyl (C=O) groups excluding carboxylic acids is 1. The van der Waals surface area contributed by atoms with Crippen LogP contribution in [0.4, 0.5) is 5.95 Å². The number of nitrogens with zero attached hydrogens (tertiary/aromatic N) is 4. The minimum Gasteiger partial charge on any atom is -0.352 e. The average Bonchev–Trinajstić information content (AvgIpc) is 2.48. The molecule has 0 bridgehead atoms. The van der Waals surface area contributed by atoms with Crippen LogP contribution in [-0.2, 0) is 0 Å². The van der Waals surface area contributed by atoms with Gasteiger partial charge in [-0.1, -0.05) is 6.92 Å². The number of rotatable bonds is 4. The van der Waals surface area contributed by atoms with E-state index in [9.17, 15) is 4.79 Å². The van der Waals surface area contributed by atoms with Gasteiger partial charge in [-0.2, -0.15) is 0 Å². The summed E-state index contributed by atoms with van der Waals surface area (Å²) in [7, 11) is 2.07. The molecular formula is C14H23N5O. The van der Waals surface area contributed by atoms with Gasteiger partial charge in [-0.25, -0.2) is 9.97 Å². The molecule has 2 rings (SSSR count). The van der Waals surface area contributed by atoms with Crippen molar-refractivity contribution in [2.75, 3.05) is 38.5 Å². The number of piperazine rings is 1. The van der Waals surface area contributed by atoms with Gasteiger partial charge in [-0.05, 0) is 20.4 Å². The molecule has 1 N–H and O–H groups in total. The molecule has 1 aliphatic rings. The summed E-state index contributed by atoms with van der Waals surface area (Å²) in [5.41, 5.74) is 0.559. The maximum absolute atomic E-state index is 12.3. The standard InChI is InChI=1S/C14H23N5O/c1-4-11(2)17-14-15-9-12(10-16-14)13(20)19-7-5-18(3)6-8-19/h9-11H,4-8H2,1-3H3,(H,15,16,17). The largest absolute Gasteiger partial charge is 0.352 e. The first-order chi connectivity index (χ1) is 9.60. The van der Waals surface area contributed by atoms with Crippen LogP contribution in [0, 0.1) is 0 Å². The van der Waals surface area contributed by atoms with Crippen molar-refractivity contribution in [1.29, 1.82) is 0 Å². The molecule has 1 amide bonds. The maximum atomic E-state index is 12.3. The lowest BCUT2D eigenvalue weighted by Crippen LogP contribution is -2.47. The van der Waals surface area contributed by atoms with Gasteiger partial charge < -0.3 is 15.1 Å². The molecule has 0 aromatic carbocycles. The van der Waals surface area contributed by atoms with E-state index < -0.39 is 0 Å². The Morgan fingerprint density at radius 1 is 1.30 bits per heavy atom. The van der Waals surface area contributed by atoms with E-state index in [1.54, 1.807) is 12.4 Å². The van der Waals surface area contributed by atoms with Gasteiger partial charge in [0.2, 0.25) is 5.95 Å². The molecule has 110 valence electrons. The Morgan fingerprint density at radius 3 is 2.45 bits per heavy atom. The van der Waals surface area contributed by atoms with Crippen LogP contribution in [-0.4, -0.2) is 64.9 Å². The van der Waals surface area contributed by atoms with Gasteiger partial charge in [0.15, 0.2) is 0 Å². The fourth-order valence-electron chi connectivity index (χ4n) is 2.03. The van der Waals surface area contributed by atoms with Gasteiger partial charge in [-0.3, -0.25) is 4.79 Å². The monoisotopic (exact) mass is 277 g/mol. The summed E-state index contributed by atoms with van der Waals surface area (Å²) in [6.07, 6.45) is 4.22. The zero-order chi connectivity index (χ0) is 14.5. The Bertz CT molecular complexity index is 439. The highest BCUT2D eigenvalue weighted by atomic mass is 16.2. The third-order valence-corrected chi connectivity index (χ3v) is 3.68. The summed E-state index contributed by atoms with van der Waals surface area (Å²) in [4.78, 5) is 24.8. The zero-order valence-corrected chi connectivity index (χ0v) is 12.5. The molecule has 6 nitrogen and oxygen atoms in total. The first kappa shape index (κ1) is 14.7. The Morgan fingerprint density at radius 2 is 1.90 bits per heavy atom. The summed E-state index contributed by atoms with van der Waals surface area (Å²) in [5, 5.41) is 3.19. The second kappa shape index (κ2) is 6.65. The van der Waals surface area contributed by atoms with E-state index in [0.29, 0.717) is 17.6 Å². The summed E-state index contributed by atoms with van der Waals surface area (Å²) in [5.74, 6) is 0.600. The number of carbonyl (C=O) groups is 1. The minimum atomic E-state index is 0.0215. The first-order valence-corrected chi connectivity index (χ1v) is 7.16. The molecule has 1 unspecified atom stereocenters. The SMILES string of the molecule is CCC(C)Nc1ncc(C(=O)N2CCN(C)CC2)cn1. The van der Waals surface area contributed by atoms with Crippen LogP contribution in [0.25, 0.3) is 0 Å². The number of hydrogen-bond donors (Lipinski definition) is 1. The molecule has 0 radical (unpaired) electrons. The minimum absolute atomic E-state index is 0.0215. The van der Waals surface area contributed by atoms with E-state index in [2.05, 4.69) is 41.1 Å². The number of aromatic nitrogens is 2. The van der Waals surface area contributed by atoms with Crippen LogP contribution in [0.3, 0.4) is 0 Å². The molecule has 20 heavy (non-hydrogen) atoms. The predicted octanol–water partition coefficient (Wildman–Crippen LogP) is 1.07. The van der Waals surface area contributed by atoms with Crippen LogP contribution in [0.15, 0.2) is 12.4 Å². The van der Waals surface area contributed by atoms with Crippen molar-refractivity contribution in [3.05, 3.63) is 18.0 Å². The molecule has 1 aromatic heterocycles. The number of anilines is 1. The van der Waals surface area contributed by atoms with Crippen molar-refractivity contribution in [1.82, 2.24) is 19.8 Å².